The molecule has 4 aliphatic rings. The number of carbonyl (C=O) groups excluding carboxylic acids is 4. The van der Waals surface area contributed by atoms with Crippen LogP contribution in [-0.4, -0.2) is 198 Å². The fourth-order valence-electron chi connectivity index (χ4n) is 10.2. The lowest BCUT2D eigenvalue weighted by molar-refractivity contribution is -0.146. The van der Waals surface area contributed by atoms with Crippen molar-refractivity contribution in [2.24, 2.45) is 0 Å². The average Bonchev–Trinajstić information content (AvgIpc) is 3.95. The molecule has 4 N–H and O–H groups in total. The Kier molecular flexibility index (Phi) is 22.0. The molecule has 0 spiro atoms. The summed E-state index contributed by atoms with van der Waals surface area (Å²) in [7, 11) is 4.12. The van der Waals surface area contributed by atoms with Crippen LogP contribution in [0, 0.1) is 0 Å². The monoisotopic (exact) mass is 1160 g/mol. The molecule has 22 heteroatoms. The second kappa shape index (κ2) is 28.8. The molecule has 0 aromatic heterocycles. The van der Waals surface area contributed by atoms with Crippen LogP contribution in [0.15, 0.2) is 60.7 Å². The molecule has 4 aromatic rings. The number of benzene rings is 4. The summed E-state index contributed by atoms with van der Waals surface area (Å²) in [6.07, 6.45) is -3.97. The molecule has 4 aliphatic heterocycles. The number of hydrogen-bond donors (Lipinski definition) is 4. The van der Waals surface area contributed by atoms with Crippen molar-refractivity contribution < 1.29 is 57.8 Å². The van der Waals surface area contributed by atoms with Crippen LogP contribution >= 0.6 is 46.4 Å². The second-order valence-electron chi connectivity index (χ2n) is 19.8. The number of amides is 4. The molecule has 4 amide bonds. The Morgan fingerprint density at radius 2 is 0.885 bits per heavy atom. The predicted molar refractivity (Wildman–Crippen MR) is 295 cm³/mol. The summed E-state index contributed by atoms with van der Waals surface area (Å²) >= 11 is 25.9. The van der Waals surface area contributed by atoms with Crippen molar-refractivity contribution in [3.63, 3.8) is 0 Å². The molecule has 4 heterocycles. The number of halogens is 4. The number of hydrogen-bond acceptors (Lipinski definition) is 14. The van der Waals surface area contributed by atoms with E-state index in [9.17, 15) is 29.4 Å². The van der Waals surface area contributed by atoms with Gasteiger partial charge in [-0.05, 0) is 95.0 Å². The Labute approximate surface area is 475 Å². The number of likely N-dealkylation sites (N-methyl/N-ethyl adjacent to an activating group) is 2. The lowest BCUT2D eigenvalue weighted by atomic mass is 9.84. The quantitative estimate of drug-likeness (QED) is 0.0523. The van der Waals surface area contributed by atoms with Crippen molar-refractivity contribution >= 4 is 70.0 Å². The first-order chi connectivity index (χ1) is 37.7. The van der Waals surface area contributed by atoms with E-state index in [1.807, 2.05) is 36.4 Å². The van der Waals surface area contributed by atoms with Gasteiger partial charge in [0.25, 0.3) is 23.6 Å². The highest BCUT2D eigenvalue weighted by atomic mass is 35.5. The largest absolute Gasteiger partial charge is 0.380 e. The zero-order chi connectivity index (χ0) is 55.3. The smallest absolute Gasteiger partial charge is 0.254 e. The Morgan fingerprint density at radius 1 is 0.526 bits per heavy atom. The minimum atomic E-state index is -1.99. The fourth-order valence-corrected chi connectivity index (χ4v) is 11.4. The molecule has 0 aliphatic carbocycles. The van der Waals surface area contributed by atoms with Crippen LogP contribution in [0.2, 0.25) is 20.1 Å². The Hall–Kier alpha value is -4.48. The van der Waals surface area contributed by atoms with Crippen molar-refractivity contribution in [2.45, 2.75) is 50.2 Å². The van der Waals surface area contributed by atoms with Gasteiger partial charge in [0.05, 0.1) is 79.3 Å². The molecule has 8 rings (SSSR count). The van der Waals surface area contributed by atoms with E-state index < -0.39 is 24.0 Å². The van der Waals surface area contributed by atoms with E-state index in [0.29, 0.717) is 97.0 Å². The maximum absolute atomic E-state index is 13.4. The van der Waals surface area contributed by atoms with Gasteiger partial charge in [-0.1, -0.05) is 70.7 Å². The van der Waals surface area contributed by atoms with Gasteiger partial charge in [0.2, 0.25) is 0 Å². The minimum Gasteiger partial charge on any atom is -0.380 e. The van der Waals surface area contributed by atoms with Gasteiger partial charge in [0.15, 0.2) is 12.2 Å². The van der Waals surface area contributed by atoms with Crippen LogP contribution in [0.3, 0.4) is 0 Å². The van der Waals surface area contributed by atoms with Gasteiger partial charge >= 0.3 is 0 Å². The van der Waals surface area contributed by atoms with Crippen LogP contribution in [0.5, 0.6) is 0 Å². The zero-order valence-electron chi connectivity index (χ0n) is 43.9. The Bertz CT molecular complexity index is 2580. The van der Waals surface area contributed by atoms with Crippen molar-refractivity contribution in [3.05, 3.63) is 136 Å². The van der Waals surface area contributed by atoms with E-state index in [2.05, 4.69) is 46.7 Å². The maximum Gasteiger partial charge on any atom is 0.254 e. The van der Waals surface area contributed by atoms with Crippen LogP contribution < -0.4 is 10.6 Å². The third-order valence-corrected chi connectivity index (χ3v) is 15.4. The van der Waals surface area contributed by atoms with Crippen LogP contribution in [0.4, 0.5) is 0 Å². The zero-order valence-corrected chi connectivity index (χ0v) is 46.9. The first kappa shape index (κ1) is 59.6. The lowest BCUT2D eigenvalue weighted by Crippen LogP contribution is -2.50. The molecule has 0 radical (unpaired) electrons. The van der Waals surface area contributed by atoms with Crippen molar-refractivity contribution in [1.82, 2.24) is 30.2 Å². The number of nitrogens with zero attached hydrogens (tertiary/aromatic N) is 4. The topological polar surface area (TPSA) is 201 Å². The third-order valence-electron chi connectivity index (χ3n) is 14.2. The summed E-state index contributed by atoms with van der Waals surface area (Å²) in [5, 5.41) is 27.8. The van der Waals surface area contributed by atoms with Gasteiger partial charge in [-0.2, -0.15) is 0 Å². The molecule has 78 heavy (non-hydrogen) atoms. The standard InChI is InChI=1S/C56H68Cl4N6O12/c1-63-31-45(43-25-39(57)27-49(59)47(43)33-63)35-3-5-37-29-65(55(71)41(37)23-35)9-13-75-17-21-77-19-15-73-11-7-61-53(69)51(67)52(68)54(70)62-8-12-74-16-20-78-22-18-76-14-10-66-30-38-6-4-36(24-42(38)56(66)72)46-32-64(2)34-48-44(46)26-40(58)28-50(48)60/h3-6,23-28,45-46,51-52,67-68H,7-22,29-34H2,1-2H3,(H,61,69)(H,62,70)/t45?,46?,51-,52-/m0/s1. The van der Waals surface area contributed by atoms with Gasteiger partial charge in [0, 0.05) is 109 Å². The SMILES string of the molecule is CN1Cc2c(Cl)cc(Cl)cc2C(c2ccc3c(c2)C(=O)N(CCOCCOCCOCCNC(=O)[C@@H](O)[C@H](O)C(=O)NCCOCCOCCOCCN2Cc4ccc(C5CN(C)Cc6c(Cl)cc(Cl)cc65)cc4C2=O)C3)C1. The van der Waals surface area contributed by atoms with E-state index in [0.717, 1.165) is 70.7 Å². The molecule has 0 fully saturated rings. The number of nitrogens with one attached hydrogen (secondary N) is 2. The molecule has 0 saturated carbocycles. The predicted octanol–water partition coefficient (Wildman–Crippen LogP) is 5.12. The van der Waals surface area contributed by atoms with Crippen molar-refractivity contribution in [1.29, 1.82) is 0 Å². The number of ether oxygens (including phenoxy) is 6. The van der Waals surface area contributed by atoms with Gasteiger partial charge in [-0.25, -0.2) is 0 Å². The third kappa shape index (κ3) is 15.5. The second-order valence-corrected chi connectivity index (χ2v) is 21.5. The average molecular weight is 1160 g/mol. The number of fused-ring (bicyclic) bond motifs is 4. The first-order valence-electron chi connectivity index (χ1n) is 26.2. The van der Waals surface area contributed by atoms with Crippen molar-refractivity contribution in [3.8, 4) is 0 Å². The summed E-state index contributed by atoms with van der Waals surface area (Å²) in [4.78, 5) is 59.4. The highest BCUT2D eigenvalue weighted by Crippen LogP contribution is 2.41. The number of carbonyl (C=O) groups is 4. The summed E-state index contributed by atoms with van der Waals surface area (Å²) in [5.41, 5.74) is 9.79. The number of aliphatic hydroxyl groups is 2. The van der Waals surface area contributed by atoms with E-state index in [1.54, 1.807) is 21.9 Å². The molecule has 0 bridgehead atoms. The fraction of sp³-hybridized carbons (Fsp3) is 0.500. The van der Waals surface area contributed by atoms with Crippen LogP contribution in [0.1, 0.15) is 77.1 Å². The molecule has 18 nitrogen and oxygen atoms in total. The van der Waals surface area contributed by atoms with Gasteiger partial charge in [-0.3, -0.25) is 19.2 Å². The summed E-state index contributed by atoms with van der Waals surface area (Å²) < 4.78 is 33.5. The molecule has 422 valence electrons. The van der Waals surface area contributed by atoms with Crippen molar-refractivity contribution in [2.75, 3.05) is 133 Å². The summed E-state index contributed by atoms with van der Waals surface area (Å²) in [5.74, 6) is -1.82. The normalized spacial score (nSPS) is 17.9. The molecule has 2 unspecified atom stereocenters. The minimum absolute atomic E-state index is 0.0240. The van der Waals surface area contributed by atoms with E-state index in [4.69, 9.17) is 74.8 Å². The van der Waals surface area contributed by atoms with Crippen LogP contribution in [0.25, 0.3) is 0 Å². The lowest BCUT2D eigenvalue weighted by Gasteiger charge is -2.33. The highest BCUT2D eigenvalue weighted by Gasteiger charge is 2.34. The number of rotatable bonds is 29. The molecular weight excluding hydrogens is 1090 g/mol. The van der Waals surface area contributed by atoms with E-state index in [-0.39, 0.29) is 76.4 Å². The molecule has 4 aromatic carbocycles. The highest BCUT2D eigenvalue weighted by molar-refractivity contribution is 6.35. The summed E-state index contributed by atoms with van der Waals surface area (Å²) in [6.45, 7) is 8.30. The molecule has 0 saturated heterocycles. The molecule has 4 atom stereocenters. The van der Waals surface area contributed by atoms with Gasteiger partial charge in [0.1, 0.15) is 0 Å². The van der Waals surface area contributed by atoms with E-state index in [1.165, 1.54) is 0 Å². The van der Waals surface area contributed by atoms with Crippen LogP contribution in [-0.2, 0) is 64.2 Å². The maximum atomic E-state index is 13.4. The van der Waals surface area contributed by atoms with Gasteiger partial charge in [-0.15, -0.1) is 0 Å². The first-order valence-corrected chi connectivity index (χ1v) is 27.7. The Balaban J connectivity index is 0.588. The number of aliphatic hydroxyl groups excluding tert-OH is 2. The van der Waals surface area contributed by atoms with Gasteiger partial charge < -0.3 is 68.9 Å². The summed E-state index contributed by atoms with van der Waals surface area (Å²) in [6, 6.07) is 19.8. The Morgan fingerprint density at radius 3 is 1.27 bits per heavy atom. The van der Waals surface area contributed by atoms with E-state index >= 15 is 0 Å². The molecular formula is C56H68Cl4N6O12.